The van der Waals surface area contributed by atoms with Crippen LogP contribution in [0.15, 0.2) is 82.6 Å². The SMILES string of the molecule is CNC(=O)CCN1CCN(CC/C=C2/c3ccccc3Sc3ccc(Cl)cc32)CC1.O=C([O-])/C=C\C(=O)[O-].O=C([O-])/C=C\C(=O)[O-]. The molecule has 1 N–H and O–H groups in total. The summed E-state index contributed by atoms with van der Waals surface area (Å²) in [5.41, 5.74) is 3.84. The molecule has 4 rings (SSSR count). The number of carboxylic acids is 4. The molecule has 2 aromatic rings. The maximum absolute atomic E-state index is 11.4. The normalized spacial score (nSPS) is 15.1. The second kappa shape index (κ2) is 19.9. The Hall–Kier alpha value is -4.43. The van der Waals surface area contributed by atoms with Gasteiger partial charge in [0.25, 0.3) is 0 Å². The number of benzene rings is 2. The van der Waals surface area contributed by atoms with Crippen LogP contribution in [0.2, 0.25) is 5.02 Å². The molecule has 246 valence electrons. The van der Waals surface area contributed by atoms with Gasteiger partial charge in [0.1, 0.15) is 0 Å². The topological polar surface area (TPSA) is 196 Å². The number of piperazine rings is 1. The van der Waals surface area contributed by atoms with E-state index in [9.17, 15) is 44.4 Å². The zero-order valence-electron chi connectivity index (χ0n) is 24.9. The lowest BCUT2D eigenvalue weighted by Gasteiger charge is -2.34. The molecule has 1 saturated heterocycles. The number of halogens is 1. The van der Waals surface area contributed by atoms with Gasteiger partial charge in [-0.05, 0) is 71.7 Å². The van der Waals surface area contributed by atoms with Gasteiger partial charge in [0.2, 0.25) is 5.91 Å². The van der Waals surface area contributed by atoms with Gasteiger partial charge in [0.05, 0.1) is 23.9 Å². The van der Waals surface area contributed by atoms with Crippen LogP contribution in [0.3, 0.4) is 0 Å². The number of carboxylic acid groups (broad SMARTS) is 4. The van der Waals surface area contributed by atoms with Crippen molar-refractivity contribution in [1.29, 1.82) is 0 Å². The summed E-state index contributed by atoms with van der Waals surface area (Å²) < 4.78 is 0. The van der Waals surface area contributed by atoms with Gasteiger partial charge >= 0.3 is 0 Å². The second-order valence-electron chi connectivity index (χ2n) is 9.69. The van der Waals surface area contributed by atoms with Crippen LogP contribution in [-0.2, 0) is 24.0 Å². The largest absolute Gasteiger partial charge is 0.545 e. The Labute approximate surface area is 275 Å². The Morgan fingerprint density at radius 2 is 1.26 bits per heavy atom. The van der Waals surface area contributed by atoms with E-state index in [0.717, 1.165) is 50.7 Å². The zero-order chi connectivity index (χ0) is 34.1. The maximum Gasteiger partial charge on any atom is 0.221 e. The van der Waals surface area contributed by atoms with Crippen LogP contribution in [0.1, 0.15) is 24.0 Å². The van der Waals surface area contributed by atoms with Crippen LogP contribution in [0.5, 0.6) is 0 Å². The highest BCUT2D eigenvalue weighted by molar-refractivity contribution is 7.99. The highest BCUT2D eigenvalue weighted by Gasteiger charge is 2.21. The van der Waals surface area contributed by atoms with Gasteiger partial charge in [-0.3, -0.25) is 4.79 Å². The number of fused-ring (bicyclic) bond motifs is 2. The predicted molar refractivity (Wildman–Crippen MR) is 164 cm³/mol. The maximum atomic E-state index is 11.4. The van der Waals surface area contributed by atoms with E-state index in [2.05, 4.69) is 57.6 Å². The van der Waals surface area contributed by atoms with E-state index in [1.165, 1.54) is 26.5 Å². The van der Waals surface area contributed by atoms with Crippen molar-refractivity contribution in [3.8, 4) is 0 Å². The van der Waals surface area contributed by atoms with E-state index in [-0.39, 0.29) is 5.91 Å². The molecule has 0 saturated carbocycles. The summed E-state index contributed by atoms with van der Waals surface area (Å²) in [7, 11) is 1.70. The van der Waals surface area contributed by atoms with E-state index >= 15 is 0 Å². The van der Waals surface area contributed by atoms with E-state index < -0.39 is 23.9 Å². The molecule has 1 fully saturated rings. The number of nitrogens with one attached hydrogen (secondary N) is 1. The first kappa shape index (κ1) is 37.8. The summed E-state index contributed by atoms with van der Waals surface area (Å²) in [5.74, 6) is -6.07. The standard InChI is InChI=1S/C24H28ClN3OS.2C4H4O4/c1-26-24(29)10-12-28-15-13-27(14-16-28)11-4-6-19-20-5-2-3-7-22(20)30-23-9-8-18(25)17-21(19)23;2*5-3(6)1-2-4(7)8/h2-3,5-9,17H,4,10-16H2,1H3,(H,26,29);2*1-2H,(H,5,6)(H,7,8)/p-4/b19-6-;2*2-1-. The summed E-state index contributed by atoms with van der Waals surface area (Å²) in [6.45, 7) is 6.09. The van der Waals surface area contributed by atoms with Crippen molar-refractivity contribution in [2.75, 3.05) is 46.3 Å². The van der Waals surface area contributed by atoms with Gasteiger partial charge in [-0.1, -0.05) is 47.6 Å². The quantitative estimate of drug-likeness (QED) is 0.245. The molecule has 2 aliphatic rings. The van der Waals surface area contributed by atoms with Gasteiger partial charge in [-0.15, -0.1) is 0 Å². The molecular formula is C32H32ClN3O9S-4. The predicted octanol–water partition coefficient (Wildman–Crippen LogP) is -1.54. The van der Waals surface area contributed by atoms with Crippen molar-refractivity contribution in [2.24, 2.45) is 0 Å². The third-order valence-corrected chi connectivity index (χ3v) is 7.92. The van der Waals surface area contributed by atoms with Crippen LogP contribution >= 0.6 is 23.4 Å². The van der Waals surface area contributed by atoms with E-state index in [4.69, 9.17) is 11.6 Å². The Morgan fingerprint density at radius 1 is 0.761 bits per heavy atom. The van der Waals surface area contributed by atoms with Crippen molar-refractivity contribution in [3.05, 3.63) is 89.0 Å². The molecular weight excluding hydrogens is 638 g/mol. The number of amides is 1. The number of rotatable bonds is 10. The van der Waals surface area contributed by atoms with Crippen molar-refractivity contribution >= 4 is 58.7 Å². The molecule has 0 radical (unpaired) electrons. The molecule has 2 aliphatic heterocycles. The first-order chi connectivity index (χ1) is 21.9. The highest BCUT2D eigenvalue weighted by Crippen LogP contribution is 2.46. The minimum absolute atomic E-state index is 0.121. The molecule has 2 aromatic carbocycles. The average molecular weight is 670 g/mol. The lowest BCUT2D eigenvalue weighted by molar-refractivity contribution is -0.301. The van der Waals surface area contributed by atoms with Gasteiger partial charge in [0, 0.05) is 67.6 Å². The first-order valence-electron chi connectivity index (χ1n) is 14.0. The number of carbonyl (C=O) groups is 5. The molecule has 0 bridgehead atoms. The van der Waals surface area contributed by atoms with Crippen LogP contribution < -0.4 is 25.7 Å². The van der Waals surface area contributed by atoms with Crippen molar-refractivity contribution < 1.29 is 44.4 Å². The van der Waals surface area contributed by atoms with Crippen LogP contribution in [0.25, 0.3) is 5.57 Å². The van der Waals surface area contributed by atoms with E-state index in [1.54, 1.807) is 7.05 Å². The van der Waals surface area contributed by atoms with Crippen LogP contribution in [0, 0.1) is 0 Å². The van der Waals surface area contributed by atoms with Gasteiger partial charge in [-0.25, -0.2) is 0 Å². The smallest absolute Gasteiger partial charge is 0.221 e. The Bertz CT molecular complexity index is 1420. The molecule has 0 atom stereocenters. The van der Waals surface area contributed by atoms with Gasteiger partial charge in [0.15, 0.2) is 0 Å². The highest BCUT2D eigenvalue weighted by atomic mass is 35.5. The number of carbonyl (C=O) groups excluding carboxylic acids is 5. The number of hydrogen-bond acceptors (Lipinski definition) is 12. The first-order valence-corrected chi connectivity index (χ1v) is 15.2. The minimum Gasteiger partial charge on any atom is -0.545 e. The number of hydrogen-bond donors (Lipinski definition) is 1. The lowest BCUT2D eigenvalue weighted by atomic mass is 9.96. The fraction of sp³-hybridized carbons (Fsp3) is 0.281. The molecule has 46 heavy (non-hydrogen) atoms. The fourth-order valence-electron chi connectivity index (χ4n) is 4.35. The van der Waals surface area contributed by atoms with Gasteiger partial charge in [-0.2, -0.15) is 0 Å². The third-order valence-electron chi connectivity index (χ3n) is 6.53. The summed E-state index contributed by atoms with van der Waals surface area (Å²) >= 11 is 8.14. The van der Waals surface area contributed by atoms with Crippen molar-refractivity contribution in [3.63, 3.8) is 0 Å². The molecule has 0 unspecified atom stereocenters. The second-order valence-corrected chi connectivity index (χ2v) is 11.2. The van der Waals surface area contributed by atoms with Crippen LogP contribution in [0.4, 0.5) is 0 Å². The molecule has 0 spiro atoms. The number of aliphatic carboxylic acids is 4. The van der Waals surface area contributed by atoms with Crippen LogP contribution in [-0.4, -0.2) is 85.9 Å². The molecule has 12 nitrogen and oxygen atoms in total. The molecule has 1 amide bonds. The zero-order valence-corrected chi connectivity index (χ0v) is 26.5. The molecule has 2 heterocycles. The summed E-state index contributed by atoms with van der Waals surface area (Å²) in [4.78, 5) is 56.6. The lowest BCUT2D eigenvalue weighted by Crippen LogP contribution is -2.47. The summed E-state index contributed by atoms with van der Waals surface area (Å²) in [6, 6.07) is 14.8. The Morgan fingerprint density at radius 3 is 1.78 bits per heavy atom. The monoisotopic (exact) mass is 669 g/mol. The summed E-state index contributed by atoms with van der Waals surface area (Å²) in [6.07, 6.45) is 5.52. The average Bonchev–Trinajstić information content (AvgIpc) is 3.02. The molecule has 14 heteroatoms. The third kappa shape index (κ3) is 14.1. The minimum atomic E-state index is -1.55. The number of nitrogens with zero attached hydrogens (tertiary/aromatic N) is 2. The fourth-order valence-corrected chi connectivity index (χ4v) is 5.61. The summed E-state index contributed by atoms with van der Waals surface area (Å²) in [5, 5.41) is 41.1. The Kier molecular flexibility index (Phi) is 16.3. The van der Waals surface area contributed by atoms with E-state index in [0.29, 0.717) is 30.7 Å². The molecule has 0 aromatic heterocycles. The van der Waals surface area contributed by atoms with Crippen molar-refractivity contribution in [1.82, 2.24) is 15.1 Å². The Balaban J connectivity index is 0.000000381. The van der Waals surface area contributed by atoms with E-state index in [1.807, 2.05) is 17.8 Å². The molecule has 0 aliphatic carbocycles. The van der Waals surface area contributed by atoms with Gasteiger partial charge < -0.3 is 54.7 Å². The van der Waals surface area contributed by atoms with Crippen molar-refractivity contribution in [2.45, 2.75) is 22.6 Å².